The highest BCUT2D eigenvalue weighted by atomic mass is 32.2. The monoisotopic (exact) mass is 372 g/mol. The summed E-state index contributed by atoms with van der Waals surface area (Å²) in [6.07, 6.45) is 2.64. The molecular weight excluding hydrogens is 348 g/mol. The first-order valence-corrected chi connectivity index (χ1v) is 10.4. The van der Waals surface area contributed by atoms with Crippen molar-refractivity contribution in [1.29, 1.82) is 0 Å². The van der Waals surface area contributed by atoms with Crippen molar-refractivity contribution in [2.75, 3.05) is 6.54 Å². The van der Waals surface area contributed by atoms with Gasteiger partial charge in [-0.05, 0) is 49.1 Å². The number of rotatable bonds is 8. The van der Waals surface area contributed by atoms with Crippen LogP contribution < -0.4 is 4.72 Å². The van der Waals surface area contributed by atoms with Gasteiger partial charge in [-0.2, -0.15) is 0 Å². The molecule has 0 atom stereocenters. The standard InChI is InChI=1S/C20H24N2O3S/c1-2-14-22(15-16-6-4-3-5-7-16)20(23)17-8-12-19(13-9-17)26(24,25)21-18-10-11-18/h3-9,12-13,18,21H,2,10-11,14-15H2,1H3. The Hall–Kier alpha value is -2.18. The summed E-state index contributed by atoms with van der Waals surface area (Å²) in [5.74, 6) is -0.0881. The Bertz CT molecular complexity index is 844. The van der Waals surface area contributed by atoms with Crippen molar-refractivity contribution in [3.63, 3.8) is 0 Å². The SMILES string of the molecule is CCCN(Cc1ccccc1)C(=O)c1ccc(S(=O)(=O)NC2CC2)cc1. The molecule has 1 saturated carbocycles. The lowest BCUT2D eigenvalue weighted by molar-refractivity contribution is 0.0743. The van der Waals surface area contributed by atoms with E-state index in [-0.39, 0.29) is 16.8 Å². The van der Waals surface area contributed by atoms with E-state index < -0.39 is 10.0 Å². The van der Waals surface area contributed by atoms with Crippen LogP contribution >= 0.6 is 0 Å². The van der Waals surface area contributed by atoms with Crippen LogP contribution in [0.15, 0.2) is 59.5 Å². The van der Waals surface area contributed by atoms with Gasteiger partial charge in [0.2, 0.25) is 10.0 Å². The van der Waals surface area contributed by atoms with Crippen molar-refractivity contribution in [2.24, 2.45) is 0 Å². The summed E-state index contributed by atoms with van der Waals surface area (Å²) < 4.78 is 27.1. The third-order valence-corrected chi connectivity index (χ3v) is 5.84. The Balaban J connectivity index is 1.74. The van der Waals surface area contributed by atoms with Crippen molar-refractivity contribution in [3.05, 3.63) is 65.7 Å². The fourth-order valence-electron chi connectivity index (χ4n) is 2.77. The molecule has 0 aromatic heterocycles. The molecule has 0 saturated heterocycles. The third-order valence-electron chi connectivity index (χ3n) is 4.31. The fourth-order valence-corrected chi connectivity index (χ4v) is 4.08. The first kappa shape index (κ1) is 18.6. The number of amides is 1. The number of nitrogens with zero attached hydrogens (tertiary/aromatic N) is 1. The van der Waals surface area contributed by atoms with Gasteiger partial charge in [0.1, 0.15) is 0 Å². The quantitative estimate of drug-likeness (QED) is 0.774. The van der Waals surface area contributed by atoms with E-state index in [1.165, 1.54) is 12.1 Å². The van der Waals surface area contributed by atoms with E-state index in [0.717, 1.165) is 24.8 Å². The van der Waals surface area contributed by atoms with E-state index in [2.05, 4.69) is 4.72 Å². The topological polar surface area (TPSA) is 66.5 Å². The minimum Gasteiger partial charge on any atom is -0.334 e. The predicted octanol–water partition coefficient (Wildman–Crippen LogP) is 3.18. The van der Waals surface area contributed by atoms with Crippen LogP contribution in [-0.4, -0.2) is 31.8 Å². The minimum atomic E-state index is -3.49. The molecule has 2 aromatic rings. The summed E-state index contributed by atoms with van der Waals surface area (Å²) in [5, 5.41) is 0. The maximum atomic E-state index is 12.8. The van der Waals surface area contributed by atoms with E-state index in [0.29, 0.717) is 18.7 Å². The second-order valence-corrected chi connectivity index (χ2v) is 8.35. The number of sulfonamides is 1. The number of hydrogen-bond donors (Lipinski definition) is 1. The Morgan fingerprint density at radius 2 is 1.73 bits per heavy atom. The van der Waals surface area contributed by atoms with Crippen molar-refractivity contribution < 1.29 is 13.2 Å². The maximum Gasteiger partial charge on any atom is 0.254 e. The van der Waals surface area contributed by atoms with E-state index in [4.69, 9.17) is 0 Å². The van der Waals surface area contributed by atoms with E-state index in [1.807, 2.05) is 37.3 Å². The van der Waals surface area contributed by atoms with Crippen LogP contribution in [-0.2, 0) is 16.6 Å². The molecule has 6 heteroatoms. The fraction of sp³-hybridized carbons (Fsp3) is 0.350. The zero-order valence-electron chi connectivity index (χ0n) is 14.9. The third kappa shape index (κ3) is 4.71. The molecule has 1 aliphatic carbocycles. The predicted molar refractivity (Wildman–Crippen MR) is 101 cm³/mol. The van der Waals surface area contributed by atoms with Crippen LogP contribution in [0.25, 0.3) is 0 Å². The van der Waals surface area contributed by atoms with E-state index >= 15 is 0 Å². The normalized spacial score (nSPS) is 14.2. The van der Waals surface area contributed by atoms with Crippen LogP contribution in [0.1, 0.15) is 42.1 Å². The average molecular weight is 372 g/mol. The molecule has 0 radical (unpaired) electrons. The zero-order valence-corrected chi connectivity index (χ0v) is 15.7. The number of carbonyl (C=O) groups is 1. The van der Waals surface area contributed by atoms with Gasteiger partial charge < -0.3 is 4.90 Å². The second-order valence-electron chi connectivity index (χ2n) is 6.63. The molecule has 0 aliphatic heterocycles. The molecule has 26 heavy (non-hydrogen) atoms. The van der Waals surface area contributed by atoms with Crippen molar-refractivity contribution in [2.45, 2.75) is 43.7 Å². The summed E-state index contributed by atoms with van der Waals surface area (Å²) in [7, 11) is -3.49. The Kier molecular flexibility index (Phi) is 5.74. The number of carbonyl (C=O) groups excluding carboxylic acids is 1. The molecule has 1 amide bonds. The lowest BCUT2D eigenvalue weighted by atomic mass is 10.1. The van der Waals surface area contributed by atoms with Gasteiger partial charge in [0.15, 0.2) is 0 Å². The van der Waals surface area contributed by atoms with Crippen LogP contribution in [0.3, 0.4) is 0 Å². The highest BCUT2D eigenvalue weighted by Crippen LogP contribution is 2.22. The van der Waals surface area contributed by atoms with E-state index in [1.54, 1.807) is 17.0 Å². The van der Waals surface area contributed by atoms with Gasteiger partial charge in [-0.25, -0.2) is 13.1 Å². The summed E-state index contributed by atoms with van der Waals surface area (Å²) in [5.41, 5.74) is 1.57. The highest BCUT2D eigenvalue weighted by Gasteiger charge is 2.28. The summed E-state index contributed by atoms with van der Waals surface area (Å²) >= 11 is 0. The Morgan fingerprint density at radius 3 is 2.31 bits per heavy atom. The van der Waals surface area contributed by atoms with Gasteiger partial charge in [-0.15, -0.1) is 0 Å². The van der Waals surface area contributed by atoms with Crippen LogP contribution in [0.2, 0.25) is 0 Å². The average Bonchev–Trinajstić information content (AvgIpc) is 3.45. The van der Waals surface area contributed by atoms with Crippen molar-refractivity contribution in [1.82, 2.24) is 9.62 Å². The number of hydrogen-bond acceptors (Lipinski definition) is 3. The van der Waals surface area contributed by atoms with Gasteiger partial charge in [-0.3, -0.25) is 4.79 Å². The zero-order chi connectivity index (χ0) is 18.6. The highest BCUT2D eigenvalue weighted by molar-refractivity contribution is 7.89. The van der Waals surface area contributed by atoms with Gasteiger partial charge in [0.25, 0.3) is 5.91 Å². The molecule has 0 bridgehead atoms. The number of benzene rings is 2. The van der Waals surface area contributed by atoms with Gasteiger partial charge in [-0.1, -0.05) is 37.3 Å². The summed E-state index contributed by atoms with van der Waals surface area (Å²) in [6, 6.07) is 16.1. The molecule has 1 N–H and O–H groups in total. The summed E-state index contributed by atoms with van der Waals surface area (Å²) in [6.45, 7) is 3.22. The molecule has 3 rings (SSSR count). The molecule has 1 aliphatic rings. The van der Waals surface area contributed by atoms with E-state index in [9.17, 15) is 13.2 Å². The van der Waals surface area contributed by atoms with Gasteiger partial charge >= 0.3 is 0 Å². The summed E-state index contributed by atoms with van der Waals surface area (Å²) in [4.78, 5) is 14.8. The Labute approximate surface area is 155 Å². The first-order valence-electron chi connectivity index (χ1n) is 8.95. The molecular formula is C20H24N2O3S. The molecule has 2 aromatic carbocycles. The Morgan fingerprint density at radius 1 is 1.08 bits per heavy atom. The second kappa shape index (κ2) is 8.01. The lowest BCUT2D eigenvalue weighted by Gasteiger charge is -2.22. The maximum absolute atomic E-state index is 12.8. The lowest BCUT2D eigenvalue weighted by Crippen LogP contribution is -2.31. The largest absolute Gasteiger partial charge is 0.334 e. The molecule has 5 nitrogen and oxygen atoms in total. The van der Waals surface area contributed by atoms with Crippen LogP contribution in [0.4, 0.5) is 0 Å². The van der Waals surface area contributed by atoms with Crippen molar-refractivity contribution in [3.8, 4) is 0 Å². The molecule has 138 valence electrons. The molecule has 0 unspecified atom stereocenters. The first-order chi connectivity index (χ1) is 12.5. The van der Waals surface area contributed by atoms with Crippen LogP contribution in [0.5, 0.6) is 0 Å². The van der Waals surface area contributed by atoms with Crippen molar-refractivity contribution >= 4 is 15.9 Å². The molecule has 0 spiro atoms. The number of nitrogens with one attached hydrogen (secondary N) is 1. The smallest absolute Gasteiger partial charge is 0.254 e. The van der Waals surface area contributed by atoms with Crippen LogP contribution in [0, 0.1) is 0 Å². The van der Waals surface area contributed by atoms with Gasteiger partial charge in [0, 0.05) is 24.7 Å². The van der Waals surface area contributed by atoms with Gasteiger partial charge in [0.05, 0.1) is 4.90 Å². The minimum absolute atomic E-state index is 0.0622. The molecule has 0 heterocycles. The molecule has 1 fully saturated rings.